The zero-order chi connectivity index (χ0) is 13.7. The highest BCUT2D eigenvalue weighted by Crippen LogP contribution is 2.18. The predicted molar refractivity (Wildman–Crippen MR) is 71.5 cm³/mol. The van der Waals surface area contributed by atoms with Gasteiger partial charge < -0.3 is 20.7 Å². The first kappa shape index (κ1) is 13.5. The van der Waals surface area contributed by atoms with E-state index in [2.05, 4.69) is 15.3 Å². The van der Waals surface area contributed by atoms with Crippen LogP contribution in [-0.2, 0) is 9.53 Å². The van der Waals surface area contributed by atoms with Gasteiger partial charge in [-0.05, 0) is 6.07 Å². The van der Waals surface area contributed by atoms with E-state index in [1.807, 2.05) is 4.90 Å². The largest absolute Gasteiger partial charge is 0.383 e. The molecule has 1 aliphatic rings. The van der Waals surface area contributed by atoms with E-state index in [0.29, 0.717) is 37.9 Å². The fourth-order valence-corrected chi connectivity index (χ4v) is 2.13. The lowest BCUT2D eigenvalue weighted by atomic mass is 10.1. The first-order valence-electron chi connectivity index (χ1n) is 6.28. The molecule has 1 aliphatic heterocycles. The molecule has 1 aromatic rings. The van der Waals surface area contributed by atoms with Crippen molar-refractivity contribution in [2.45, 2.75) is 6.42 Å². The number of carbonyl (C=O) groups excluding carboxylic acids is 1. The molecule has 7 nitrogen and oxygen atoms in total. The molecule has 1 saturated heterocycles. The minimum atomic E-state index is 0.186. The van der Waals surface area contributed by atoms with Crippen molar-refractivity contribution in [2.75, 3.05) is 44.4 Å². The Labute approximate surface area is 112 Å². The summed E-state index contributed by atoms with van der Waals surface area (Å²) >= 11 is 0. The van der Waals surface area contributed by atoms with Crippen LogP contribution >= 0.6 is 0 Å². The van der Waals surface area contributed by atoms with Crippen molar-refractivity contribution in [2.24, 2.45) is 5.92 Å². The molecule has 1 unspecified atom stereocenters. The van der Waals surface area contributed by atoms with Gasteiger partial charge in [0, 0.05) is 45.3 Å². The molecule has 0 aliphatic carbocycles. The molecular weight excluding hydrogens is 246 g/mol. The Balaban J connectivity index is 1.80. The van der Waals surface area contributed by atoms with Crippen LogP contribution < -0.4 is 11.1 Å². The number of likely N-dealkylation sites (tertiary alicyclic amines) is 1. The van der Waals surface area contributed by atoms with Crippen LogP contribution in [-0.4, -0.2) is 54.1 Å². The number of amides is 1. The molecule has 7 heteroatoms. The van der Waals surface area contributed by atoms with Gasteiger partial charge in [-0.2, -0.15) is 4.98 Å². The van der Waals surface area contributed by atoms with E-state index >= 15 is 0 Å². The summed E-state index contributed by atoms with van der Waals surface area (Å²) in [5.74, 6) is 1.41. The Morgan fingerprint density at radius 3 is 3.21 bits per heavy atom. The van der Waals surface area contributed by atoms with Gasteiger partial charge in [-0.1, -0.05) is 0 Å². The Bertz CT molecular complexity index is 440. The summed E-state index contributed by atoms with van der Waals surface area (Å²) in [5, 5.41) is 3.18. The summed E-state index contributed by atoms with van der Waals surface area (Å²) < 4.78 is 4.99. The van der Waals surface area contributed by atoms with Crippen molar-refractivity contribution in [1.29, 1.82) is 0 Å². The van der Waals surface area contributed by atoms with Gasteiger partial charge in [0.2, 0.25) is 11.9 Å². The number of nitrogens with zero attached hydrogens (tertiary/aromatic N) is 3. The first-order valence-corrected chi connectivity index (χ1v) is 6.28. The van der Waals surface area contributed by atoms with E-state index in [-0.39, 0.29) is 11.9 Å². The predicted octanol–water partition coefficient (Wildman–Crippen LogP) is -0.0344. The van der Waals surface area contributed by atoms with Crippen LogP contribution in [0.3, 0.4) is 0 Å². The molecule has 1 aromatic heterocycles. The zero-order valence-corrected chi connectivity index (χ0v) is 11.0. The Hall–Kier alpha value is -1.89. The number of hydrogen-bond acceptors (Lipinski definition) is 6. The van der Waals surface area contributed by atoms with Crippen LogP contribution in [0.4, 0.5) is 11.8 Å². The number of rotatable bonds is 6. The van der Waals surface area contributed by atoms with Crippen LogP contribution in [0.2, 0.25) is 0 Å². The summed E-state index contributed by atoms with van der Waals surface area (Å²) in [5.41, 5.74) is 5.50. The fraction of sp³-hybridized carbons (Fsp3) is 0.583. The van der Waals surface area contributed by atoms with Crippen LogP contribution in [0.15, 0.2) is 12.3 Å². The summed E-state index contributed by atoms with van der Waals surface area (Å²) in [6, 6.07) is 1.76. The molecule has 2 heterocycles. The number of nitrogens with two attached hydrogens (primary N) is 1. The number of carbonyl (C=O) groups is 1. The monoisotopic (exact) mass is 265 g/mol. The van der Waals surface area contributed by atoms with Crippen molar-refractivity contribution in [3.05, 3.63) is 12.3 Å². The number of nitrogens with one attached hydrogen (secondary N) is 1. The molecule has 0 spiro atoms. The van der Waals surface area contributed by atoms with Gasteiger partial charge in [0.25, 0.3) is 0 Å². The number of aromatic nitrogens is 2. The maximum atomic E-state index is 11.8. The summed E-state index contributed by atoms with van der Waals surface area (Å²) in [6.07, 6.45) is 2.17. The van der Waals surface area contributed by atoms with Gasteiger partial charge in [-0.15, -0.1) is 0 Å². The SMILES string of the molecule is COCCN1CC(CNc2ccnc(N)n2)CC1=O. The topological polar surface area (TPSA) is 93.4 Å². The molecule has 1 amide bonds. The highest BCUT2D eigenvalue weighted by Gasteiger charge is 2.28. The average molecular weight is 265 g/mol. The van der Waals surface area contributed by atoms with Crippen LogP contribution in [0, 0.1) is 5.92 Å². The second-order valence-corrected chi connectivity index (χ2v) is 4.58. The normalized spacial score (nSPS) is 18.9. The van der Waals surface area contributed by atoms with E-state index in [1.54, 1.807) is 19.4 Å². The van der Waals surface area contributed by atoms with Crippen molar-refractivity contribution in [3.63, 3.8) is 0 Å². The molecular formula is C12H19N5O2. The van der Waals surface area contributed by atoms with Gasteiger partial charge in [-0.3, -0.25) is 4.79 Å². The second kappa shape index (κ2) is 6.33. The molecule has 19 heavy (non-hydrogen) atoms. The number of nitrogen functional groups attached to an aromatic ring is 1. The Morgan fingerprint density at radius 2 is 2.47 bits per heavy atom. The molecule has 1 fully saturated rings. The summed E-state index contributed by atoms with van der Waals surface area (Å²) in [6.45, 7) is 2.70. The van der Waals surface area contributed by atoms with Gasteiger partial charge in [-0.25, -0.2) is 4.98 Å². The average Bonchev–Trinajstić information content (AvgIpc) is 2.75. The highest BCUT2D eigenvalue weighted by atomic mass is 16.5. The minimum absolute atomic E-state index is 0.186. The summed E-state index contributed by atoms with van der Waals surface area (Å²) in [7, 11) is 1.64. The molecule has 0 saturated carbocycles. The van der Waals surface area contributed by atoms with E-state index in [0.717, 1.165) is 6.54 Å². The van der Waals surface area contributed by atoms with Crippen molar-refractivity contribution in [3.8, 4) is 0 Å². The molecule has 0 aromatic carbocycles. The highest BCUT2D eigenvalue weighted by molar-refractivity contribution is 5.78. The van der Waals surface area contributed by atoms with Gasteiger partial charge in [0.05, 0.1) is 6.61 Å². The number of methoxy groups -OCH3 is 1. The molecule has 1 atom stereocenters. The van der Waals surface area contributed by atoms with Gasteiger partial charge in [0.1, 0.15) is 5.82 Å². The van der Waals surface area contributed by atoms with Crippen LogP contribution in [0.5, 0.6) is 0 Å². The maximum Gasteiger partial charge on any atom is 0.223 e. The van der Waals surface area contributed by atoms with E-state index in [9.17, 15) is 4.79 Å². The lowest BCUT2D eigenvalue weighted by molar-refractivity contribution is -0.128. The quantitative estimate of drug-likeness (QED) is 0.750. The molecule has 2 rings (SSSR count). The first-order chi connectivity index (χ1) is 9.19. The fourth-order valence-electron chi connectivity index (χ4n) is 2.13. The Kier molecular flexibility index (Phi) is 4.51. The van der Waals surface area contributed by atoms with Crippen molar-refractivity contribution < 1.29 is 9.53 Å². The minimum Gasteiger partial charge on any atom is -0.383 e. The molecule has 0 bridgehead atoms. The number of ether oxygens (including phenoxy) is 1. The Morgan fingerprint density at radius 1 is 1.63 bits per heavy atom. The van der Waals surface area contributed by atoms with E-state index < -0.39 is 0 Å². The van der Waals surface area contributed by atoms with Crippen molar-refractivity contribution in [1.82, 2.24) is 14.9 Å². The van der Waals surface area contributed by atoms with Crippen LogP contribution in [0.1, 0.15) is 6.42 Å². The third kappa shape index (κ3) is 3.78. The maximum absolute atomic E-state index is 11.8. The number of hydrogen-bond donors (Lipinski definition) is 2. The molecule has 3 N–H and O–H groups in total. The van der Waals surface area contributed by atoms with Gasteiger partial charge in [0.15, 0.2) is 0 Å². The lowest BCUT2D eigenvalue weighted by Crippen LogP contribution is -2.29. The van der Waals surface area contributed by atoms with Crippen molar-refractivity contribution >= 4 is 17.7 Å². The molecule has 104 valence electrons. The lowest BCUT2D eigenvalue weighted by Gasteiger charge is -2.16. The van der Waals surface area contributed by atoms with E-state index in [4.69, 9.17) is 10.5 Å². The zero-order valence-electron chi connectivity index (χ0n) is 11.0. The number of anilines is 2. The third-order valence-corrected chi connectivity index (χ3v) is 3.11. The molecule has 0 radical (unpaired) electrons. The van der Waals surface area contributed by atoms with E-state index in [1.165, 1.54) is 0 Å². The van der Waals surface area contributed by atoms with Gasteiger partial charge >= 0.3 is 0 Å². The standard InChI is InChI=1S/C12H19N5O2/c1-19-5-4-17-8-9(6-11(17)18)7-15-10-2-3-14-12(13)16-10/h2-3,9H,4-8H2,1H3,(H3,13,14,15,16). The second-order valence-electron chi connectivity index (χ2n) is 4.58. The third-order valence-electron chi connectivity index (χ3n) is 3.11. The smallest absolute Gasteiger partial charge is 0.223 e. The summed E-state index contributed by atoms with van der Waals surface area (Å²) in [4.78, 5) is 21.5. The van der Waals surface area contributed by atoms with Crippen LogP contribution in [0.25, 0.3) is 0 Å².